The van der Waals surface area contributed by atoms with Crippen LogP contribution in [0.4, 0.5) is 5.82 Å². The minimum atomic E-state index is -3.49. The van der Waals surface area contributed by atoms with Gasteiger partial charge in [-0.3, -0.25) is 4.90 Å². The standard InChI is InChI=1S/C13H22N4O3S/c1-2-14-13-11-12(3-4-15-13)21(18,19)16-5-6-17-7-9-20-10-8-17/h3-4,11,16H,2,5-10H2,1H3,(H,14,15). The number of hydrogen-bond acceptors (Lipinski definition) is 6. The summed E-state index contributed by atoms with van der Waals surface area (Å²) in [5, 5.41) is 3.00. The van der Waals surface area contributed by atoms with Crippen molar-refractivity contribution in [1.29, 1.82) is 0 Å². The zero-order valence-electron chi connectivity index (χ0n) is 12.2. The van der Waals surface area contributed by atoms with Crippen molar-refractivity contribution in [3.63, 3.8) is 0 Å². The fraction of sp³-hybridized carbons (Fsp3) is 0.615. The fourth-order valence-electron chi connectivity index (χ4n) is 2.10. The van der Waals surface area contributed by atoms with Gasteiger partial charge in [0.05, 0.1) is 18.1 Å². The summed E-state index contributed by atoms with van der Waals surface area (Å²) in [6, 6.07) is 3.04. The van der Waals surface area contributed by atoms with Crippen molar-refractivity contribution in [3.05, 3.63) is 18.3 Å². The molecule has 1 aliphatic heterocycles. The van der Waals surface area contributed by atoms with E-state index in [4.69, 9.17) is 4.74 Å². The molecule has 0 saturated carbocycles. The van der Waals surface area contributed by atoms with E-state index in [9.17, 15) is 8.42 Å². The largest absolute Gasteiger partial charge is 0.379 e. The molecular weight excluding hydrogens is 292 g/mol. The molecule has 0 spiro atoms. The Morgan fingerprint density at radius 3 is 2.86 bits per heavy atom. The maximum absolute atomic E-state index is 12.2. The van der Waals surface area contributed by atoms with Gasteiger partial charge in [0, 0.05) is 45.0 Å². The summed E-state index contributed by atoms with van der Waals surface area (Å²) in [5.41, 5.74) is 0. The number of sulfonamides is 1. The Balaban J connectivity index is 1.90. The van der Waals surface area contributed by atoms with E-state index in [0.29, 0.717) is 38.7 Å². The first kappa shape index (κ1) is 16.2. The van der Waals surface area contributed by atoms with Crippen molar-refractivity contribution in [3.8, 4) is 0 Å². The van der Waals surface area contributed by atoms with Gasteiger partial charge in [0.1, 0.15) is 5.82 Å². The molecule has 0 aromatic carbocycles. The molecule has 0 bridgehead atoms. The van der Waals surface area contributed by atoms with Gasteiger partial charge in [-0.15, -0.1) is 0 Å². The van der Waals surface area contributed by atoms with Gasteiger partial charge in [0.2, 0.25) is 10.0 Å². The Morgan fingerprint density at radius 2 is 2.14 bits per heavy atom. The molecule has 8 heteroatoms. The molecule has 0 amide bonds. The summed E-state index contributed by atoms with van der Waals surface area (Å²) >= 11 is 0. The maximum atomic E-state index is 12.2. The zero-order valence-corrected chi connectivity index (χ0v) is 13.0. The molecule has 0 atom stereocenters. The van der Waals surface area contributed by atoms with Crippen molar-refractivity contribution in [2.24, 2.45) is 0 Å². The highest BCUT2D eigenvalue weighted by atomic mass is 32.2. The third-order valence-electron chi connectivity index (χ3n) is 3.22. The Labute approximate surface area is 125 Å². The van der Waals surface area contributed by atoms with Crippen LogP contribution in [0.1, 0.15) is 6.92 Å². The van der Waals surface area contributed by atoms with Gasteiger partial charge in [-0.1, -0.05) is 0 Å². The van der Waals surface area contributed by atoms with Gasteiger partial charge in [-0.2, -0.15) is 0 Å². The molecule has 0 unspecified atom stereocenters. The van der Waals surface area contributed by atoms with Crippen LogP contribution < -0.4 is 10.0 Å². The van der Waals surface area contributed by atoms with E-state index >= 15 is 0 Å². The molecule has 7 nitrogen and oxygen atoms in total. The molecule has 0 radical (unpaired) electrons. The van der Waals surface area contributed by atoms with Gasteiger partial charge in [-0.25, -0.2) is 18.1 Å². The van der Waals surface area contributed by atoms with E-state index in [2.05, 4.69) is 19.9 Å². The molecule has 0 aliphatic carbocycles. The molecule has 2 rings (SSSR count). The Kier molecular flexibility index (Phi) is 5.92. The first-order valence-electron chi connectivity index (χ1n) is 7.11. The molecule has 2 heterocycles. The lowest BCUT2D eigenvalue weighted by atomic mass is 10.4. The van der Waals surface area contributed by atoms with Gasteiger partial charge >= 0.3 is 0 Å². The lowest BCUT2D eigenvalue weighted by Gasteiger charge is -2.26. The normalized spacial score (nSPS) is 16.8. The van der Waals surface area contributed by atoms with E-state index in [1.54, 1.807) is 6.07 Å². The summed E-state index contributed by atoms with van der Waals surface area (Å²) in [6.07, 6.45) is 1.49. The predicted molar refractivity (Wildman–Crippen MR) is 80.8 cm³/mol. The minimum Gasteiger partial charge on any atom is -0.379 e. The quantitative estimate of drug-likeness (QED) is 0.744. The first-order valence-corrected chi connectivity index (χ1v) is 8.60. The van der Waals surface area contributed by atoms with Crippen LogP contribution in [0.25, 0.3) is 0 Å². The van der Waals surface area contributed by atoms with Crippen LogP contribution >= 0.6 is 0 Å². The summed E-state index contributed by atoms with van der Waals surface area (Å²) in [6.45, 7) is 6.83. The smallest absolute Gasteiger partial charge is 0.240 e. The summed E-state index contributed by atoms with van der Waals surface area (Å²) in [7, 11) is -3.49. The lowest BCUT2D eigenvalue weighted by Crippen LogP contribution is -2.41. The molecule has 1 saturated heterocycles. The molecule has 1 aromatic rings. The molecule has 1 aromatic heterocycles. The lowest BCUT2D eigenvalue weighted by molar-refractivity contribution is 0.0390. The highest BCUT2D eigenvalue weighted by Crippen LogP contribution is 2.12. The first-order chi connectivity index (χ1) is 10.1. The van der Waals surface area contributed by atoms with E-state index < -0.39 is 10.0 Å². The van der Waals surface area contributed by atoms with Gasteiger partial charge in [-0.05, 0) is 13.0 Å². The molecule has 118 valence electrons. The SMILES string of the molecule is CCNc1cc(S(=O)(=O)NCCN2CCOCC2)ccn1. The second-order valence-corrected chi connectivity index (χ2v) is 6.53. The summed E-state index contributed by atoms with van der Waals surface area (Å²) in [4.78, 5) is 6.49. The van der Waals surface area contributed by atoms with E-state index in [1.165, 1.54) is 12.3 Å². The minimum absolute atomic E-state index is 0.232. The van der Waals surface area contributed by atoms with Crippen molar-refractivity contribution < 1.29 is 13.2 Å². The number of pyridine rings is 1. The summed E-state index contributed by atoms with van der Waals surface area (Å²) < 4.78 is 32.3. The third kappa shape index (κ3) is 4.92. The van der Waals surface area contributed by atoms with Crippen LogP contribution in [-0.2, 0) is 14.8 Å². The maximum Gasteiger partial charge on any atom is 0.240 e. The molecule has 21 heavy (non-hydrogen) atoms. The predicted octanol–water partition coefficient (Wildman–Crippen LogP) is 0.124. The van der Waals surface area contributed by atoms with Crippen molar-refractivity contribution >= 4 is 15.8 Å². The van der Waals surface area contributed by atoms with E-state index in [1.807, 2.05) is 6.92 Å². The van der Waals surface area contributed by atoms with Crippen LogP contribution in [0.5, 0.6) is 0 Å². The zero-order chi connectivity index (χ0) is 15.1. The number of aromatic nitrogens is 1. The Morgan fingerprint density at radius 1 is 1.38 bits per heavy atom. The van der Waals surface area contributed by atoms with Crippen molar-refractivity contribution in [1.82, 2.24) is 14.6 Å². The van der Waals surface area contributed by atoms with Gasteiger partial charge in [0.15, 0.2) is 0 Å². The van der Waals surface area contributed by atoms with Crippen LogP contribution in [0.3, 0.4) is 0 Å². The number of ether oxygens (including phenoxy) is 1. The number of rotatable bonds is 7. The number of nitrogens with zero attached hydrogens (tertiary/aromatic N) is 2. The number of anilines is 1. The highest BCUT2D eigenvalue weighted by molar-refractivity contribution is 7.89. The Hall–Kier alpha value is -1.22. The fourth-order valence-corrected chi connectivity index (χ4v) is 3.14. The molecule has 1 aliphatic rings. The number of nitrogens with one attached hydrogen (secondary N) is 2. The third-order valence-corrected chi connectivity index (χ3v) is 4.68. The second kappa shape index (κ2) is 7.69. The molecular formula is C13H22N4O3S. The van der Waals surface area contributed by atoms with E-state index in [0.717, 1.165) is 13.1 Å². The van der Waals surface area contributed by atoms with Crippen LogP contribution in [0.2, 0.25) is 0 Å². The number of morpholine rings is 1. The highest BCUT2D eigenvalue weighted by Gasteiger charge is 2.16. The Bertz CT molecular complexity index is 544. The topological polar surface area (TPSA) is 83.6 Å². The van der Waals surface area contributed by atoms with Crippen molar-refractivity contribution in [2.75, 3.05) is 51.3 Å². The molecule has 2 N–H and O–H groups in total. The van der Waals surface area contributed by atoms with Gasteiger partial charge in [0.25, 0.3) is 0 Å². The van der Waals surface area contributed by atoms with Crippen LogP contribution in [-0.4, -0.2) is 64.2 Å². The number of hydrogen-bond donors (Lipinski definition) is 2. The average Bonchev–Trinajstić information content (AvgIpc) is 2.49. The second-order valence-electron chi connectivity index (χ2n) is 4.76. The average molecular weight is 314 g/mol. The van der Waals surface area contributed by atoms with Crippen LogP contribution in [0, 0.1) is 0 Å². The van der Waals surface area contributed by atoms with Crippen LogP contribution in [0.15, 0.2) is 23.2 Å². The van der Waals surface area contributed by atoms with Crippen molar-refractivity contribution in [2.45, 2.75) is 11.8 Å². The monoisotopic (exact) mass is 314 g/mol. The van der Waals surface area contributed by atoms with E-state index in [-0.39, 0.29) is 4.90 Å². The molecule has 1 fully saturated rings. The van der Waals surface area contributed by atoms with Gasteiger partial charge < -0.3 is 10.1 Å². The summed E-state index contributed by atoms with van der Waals surface area (Å²) in [5.74, 6) is 0.563.